The van der Waals surface area contributed by atoms with Gasteiger partial charge in [-0.2, -0.15) is 0 Å². The van der Waals surface area contributed by atoms with E-state index >= 15 is 0 Å². The minimum absolute atomic E-state index is 0.0369. The summed E-state index contributed by atoms with van der Waals surface area (Å²) in [6.45, 7) is 11.1. The van der Waals surface area contributed by atoms with E-state index < -0.39 is 0 Å². The molecule has 3 heterocycles. The topological polar surface area (TPSA) is 62.6 Å². The molecule has 2 aliphatic heterocycles. The van der Waals surface area contributed by atoms with E-state index in [1.54, 1.807) is 6.20 Å². The summed E-state index contributed by atoms with van der Waals surface area (Å²) < 4.78 is 7.54. The van der Waals surface area contributed by atoms with Gasteiger partial charge in [0, 0.05) is 51.2 Å². The van der Waals surface area contributed by atoms with Gasteiger partial charge in [0.15, 0.2) is 0 Å². The number of ether oxygens (including phenoxy) is 1. The number of imidazole rings is 1. The number of morpholine rings is 1. The molecule has 1 aromatic rings. The molecule has 2 saturated heterocycles. The lowest BCUT2D eigenvalue weighted by atomic mass is 10.2. The van der Waals surface area contributed by atoms with Crippen molar-refractivity contribution in [3.8, 4) is 0 Å². The van der Waals surface area contributed by atoms with Crippen molar-refractivity contribution < 1.29 is 9.53 Å². The van der Waals surface area contributed by atoms with Crippen molar-refractivity contribution in [1.82, 2.24) is 24.7 Å². The third-order valence-corrected chi connectivity index (χ3v) is 4.97. The molecule has 0 aromatic carbocycles. The number of nitrogens with one attached hydrogen (secondary N) is 1. The molecule has 1 atom stereocenters. The van der Waals surface area contributed by atoms with E-state index in [1.165, 1.54) is 0 Å². The second-order valence-electron chi connectivity index (χ2n) is 7.45. The molecular formula is C18H31N5O2. The lowest BCUT2D eigenvalue weighted by molar-refractivity contribution is 0.0292. The van der Waals surface area contributed by atoms with Crippen LogP contribution in [0.5, 0.6) is 0 Å². The van der Waals surface area contributed by atoms with Crippen LogP contribution in [-0.4, -0.2) is 70.8 Å². The third kappa shape index (κ3) is 4.95. The smallest absolute Gasteiger partial charge is 0.318 e. The molecule has 0 radical (unpaired) electrons. The Hall–Kier alpha value is -1.60. The fourth-order valence-corrected chi connectivity index (χ4v) is 3.70. The quantitative estimate of drug-likeness (QED) is 0.846. The van der Waals surface area contributed by atoms with Gasteiger partial charge in [0.05, 0.1) is 19.8 Å². The van der Waals surface area contributed by atoms with Crippen LogP contribution in [0.15, 0.2) is 12.4 Å². The predicted molar refractivity (Wildman–Crippen MR) is 96.3 cm³/mol. The number of hydrogen-bond acceptors (Lipinski definition) is 4. The summed E-state index contributed by atoms with van der Waals surface area (Å²) >= 11 is 0. The molecule has 2 amide bonds. The monoisotopic (exact) mass is 349 g/mol. The predicted octanol–water partition coefficient (Wildman–Crippen LogP) is 1.55. The normalized spacial score (nSPS) is 21.9. The van der Waals surface area contributed by atoms with Crippen LogP contribution in [0.25, 0.3) is 0 Å². The maximum atomic E-state index is 12.7. The van der Waals surface area contributed by atoms with Gasteiger partial charge in [-0.1, -0.05) is 13.8 Å². The summed E-state index contributed by atoms with van der Waals surface area (Å²) in [6.07, 6.45) is 5.97. The standard InChI is InChI=1S/C18H31N5O2/c1-15(2)13-22-7-5-19-17(22)12-20-18(24)23-6-3-4-16(23)14-21-8-10-25-11-9-21/h5,7,15-16H,3-4,6,8-14H2,1-2H3,(H,20,24). The molecule has 1 aromatic heterocycles. The van der Waals surface area contributed by atoms with Crippen LogP contribution in [0.4, 0.5) is 4.79 Å². The molecule has 3 rings (SSSR count). The van der Waals surface area contributed by atoms with E-state index in [4.69, 9.17) is 4.74 Å². The zero-order chi connectivity index (χ0) is 17.6. The SMILES string of the molecule is CC(C)Cn1ccnc1CNC(=O)N1CCCC1CN1CCOCC1. The molecule has 0 spiro atoms. The molecule has 140 valence electrons. The van der Waals surface area contributed by atoms with Gasteiger partial charge in [-0.3, -0.25) is 4.90 Å². The Morgan fingerprint density at radius 3 is 2.92 bits per heavy atom. The van der Waals surface area contributed by atoms with Gasteiger partial charge in [-0.05, 0) is 18.8 Å². The van der Waals surface area contributed by atoms with Crippen molar-refractivity contribution in [2.45, 2.75) is 45.8 Å². The zero-order valence-corrected chi connectivity index (χ0v) is 15.5. The van der Waals surface area contributed by atoms with Crippen LogP contribution in [0.3, 0.4) is 0 Å². The average Bonchev–Trinajstić information content (AvgIpc) is 3.22. The summed E-state index contributed by atoms with van der Waals surface area (Å²) in [6, 6.07) is 0.350. The van der Waals surface area contributed by atoms with Crippen LogP contribution in [0.1, 0.15) is 32.5 Å². The molecule has 1 N–H and O–H groups in total. The summed E-state index contributed by atoms with van der Waals surface area (Å²) in [4.78, 5) is 21.5. The van der Waals surface area contributed by atoms with Crippen molar-refractivity contribution in [2.75, 3.05) is 39.4 Å². The van der Waals surface area contributed by atoms with Gasteiger partial charge in [0.1, 0.15) is 5.82 Å². The first-order valence-electron chi connectivity index (χ1n) is 9.48. The Labute approximate surface area is 150 Å². The molecule has 0 aliphatic carbocycles. The number of aromatic nitrogens is 2. The fourth-order valence-electron chi connectivity index (χ4n) is 3.70. The highest BCUT2D eigenvalue weighted by Crippen LogP contribution is 2.19. The van der Waals surface area contributed by atoms with Gasteiger partial charge >= 0.3 is 6.03 Å². The van der Waals surface area contributed by atoms with E-state index in [1.807, 2.05) is 11.1 Å². The van der Waals surface area contributed by atoms with Crippen molar-refractivity contribution in [2.24, 2.45) is 5.92 Å². The maximum absolute atomic E-state index is 12.7. The molecule has 7 nitrogen and oxygen atoms in total. The number of hydrogen-bond donors (Lipinski definition) is 1. The minimum Gasteiger partial charge on any atom is -0.379 e. The highest BCUT2D eigenvalue weighted by molar-refractivity contribution is 5.74. The second kappa shape index (κ2) is 8.67. The van der Waals surface area contributed by atoms with Crippen molar-refractivity contribution in [3.05, 3.63) is 18.2 Å². The Balaban J connectivity index is 1.50. The highest BCUT2D eigenvalue weighted by atomic mass is 16.5. The lowest BCUT2D eigenvalue weighted by Gasteiger charge is -2.32. The molecular weight excluding hydrogens is 318 g/mol. The first-order chi connectivity index (χ1) is 12.1. The second-order valence-corrected chi connectivity index (χ2v) is 7.45. The summed E-state index contributed by atoms with van der Waals surface area (Å²) in [5, 5.41) is 3.07. The number of amides is 2. The molecule has 2 aliphatic rings. The summed E-state index contributed by atoms with van der Waals surface area (Å²) in [5.41, 5.74) is 0. The first kappa shape index (κ1) is 18.2. The van der Waals surface area contributed by atoms with Gasteiger partial charge in [0.2, 0.25) is 0 Å². The largest absolute Gasteiger partial charge is 0.379 e. The van der Waals surface area contributed by atoms with E-state index in [0.717, 1.165) is 64.6 Å². The van der Waals surface area contributed by atoms with E-state index in [0.29, 0.717) is 18.5 Å². The van der Waals surface area contributed by atoms with Gasteiger partial charge in [0.25, 0.3) is 0 Å². The molecule has 1 unspecified atom stereocenters. The number of carbonyl (C=O) groups is 1. The van der Waals surface area contributed by atoms with Gasteiger partial charge in [-0.25, -0.2) is 9.78 Å². The van der Waals surface area contributed by atoms with Gasteiger partial charge in [-0.15, -0.1) is 0 Å². The average molecular weight is 349 g/mol. The maximum Gasteiger partial charge on any atom is 0.318 e. The number of carbonyl (C=O) groups excluding carboxylic acids is 1. The van der Waals surface area contributed by atoms with Gasteiger partial charge < -0.3 is 19.5 Å². The van der Waals surface area contributed by atoms with E-state index in [-0.39, 0.29) is 6.03 Å². The summed E-state index contributed by atoms with van der Waals surface area (Å²) in [7, 11) is 0. The molecule has 0 saturated carbocycles. The van der Waals surface area contributed by atoms with Crippen LogP contribution in [0.2, 0.25) is 0 Å². The van der Waals surface area contributed by atoms with E-state index in [2.05, 4.69) is 33.6 Å². The molecule has 7 heteroatoms. The van der Waals surface area contributed by atoms with Crippen molar-refractivity contribution >= 4 is 6.03 Å². The Morgan fingerprint density at radius 1 is 1.36 bits per heavy atom. The number of rotatable bonds is 6. The van der Waals surface area contributed by atoms with Crippen LogP contribution in [0, 0.1) is 5.92 Å². The van der Waals surface area contributed by atoms with Crippen LogP contribution in [-0.2, 0) is 17.8 Å². The van der Waals surface area contributed by atoms with Crippen LogP contribution < -0.4 is 5.32 Å². The van der Waals surface area contributed by atoms with E-state index in [9.17, 15) is 4.79 Å². The number of nitrogens with zero attached hydrogens (tertiary/aromatic N) is 4. The Kier molecular flexibility index (Phi) is 6.31. The lowest BCUT2D eigenvalue weighted by Crippen LogP contribution is -2.49. The molecule has 2 fully saturated rings. The first-order valence-corrected chi connectivity index (χ1v) is 9.48. The molecule has 25 heavy (non-hydrogen) atoms. The Morgan fingerprint density at radius 2 is 2.16 bits per heavy atom. The zero-order valence-electron chi connectivity index (χ0n) is 15.5. The van der Waals surface area contributed by atoms with Crippen molar-refractivity contribution in [1.29, 1.82) is 0 Å². The Bertz CT molecular complexity index is 553. The van der Waals surface area contributed by atoms with Crippen LogP contribution >= 0.6 is 0 Å². The number of likely N-dealkylation sites (tertiary alicyclic amines) is 1. The highest BCUT2D eigenvalue weighted by Gasteiger charge is 2.30. The minimum atomic E-state index is 0.0369. The fraction of sp³-hybridized carbons (Fsp3) is 0.778. The third-order valence-electron chi connectivity index (χ3n) is 4.97. The van der Waals surface area contributed by atoms with Crippen molar-refractivity contribution in [3.63, 3.8) is 0 Å². The number of urea groups is 1. The summed E-state index contributed by atoms with van der Waals surface area (Å²) in [5.74, 6) is 1.48. The molecule has 0 bridgehead atoms.